The van der Waals surface area contributed by atoms with E-state index in [-0.39, 0.29) is 27.3 Å². The SMILES string of the molecule is COCCCOc1cc2c(cc1Cl)-c1c(cc(C(=O)OC(C)C)c(=O)n1C1CC1)C(C)S2(=O)=O. The molecule has 4 rings (SSSR count). The van der Waals surface area contributed by atoms with Crippen LogP contribution in [0.5, 0.6) is 5.75 Å². The van der Waals surface area contributed by atoms with Crippen LogP contribution in [-0.4, -0.2) is 45.4 Å². The Labute approximate surface area is 203 Å². The van der Waals surface area contributed by atoms with E-state index in [1.54, 1.807) is 32.4 Å². The number of rotatable bonds is 8. The van der Waals surface area contributed by atoms with Crippen LogP contribution in [0.25, 0.3) is 11.3 Å². The van der Waals surface area contributed by atoms with Crippen LogP contribution < -0.4 is 10.3 Å². The predicted octanol–water partition coefficient (Wildman–Crippen LogP) is 4.33. The summed E-state index contributed by atoms with van der Waals surface area (Å²) in [6.07, 6.45) is 1.73. The van der Waals surface area contributed by atoms with Crippen LogP contribution >= 0.6 is 11.6 Å². The Balaban J connectivity index is 1.92. The second-order valence-corrected chi connectivity index (χ2v) is 11.5. The zero-order valence-electron chi connectivity index (χ0n) is 19.6. The van der Waals surface area contributed by atoms with E-state index < -0.39 is 32.7 Å². The molecule has 2 heterocycles. The highest BCUT2D eigenvalue weighted by Crippen LogP contribution is 2.49. The van der Waals surface area contributed by atoms with E-state index in [4.69, 9.17) is 25.8 Å². The predicted molar refractivity (Wildman–Crippen MR) is 128 cm³/mol. The molecule has 1 fully saturated rings. The van der Waals surface area contributed by atoms with Gasteiger partial charge in [0.15, 0.2) is 9.84 Å². The van der Waals surface area contributed by atoms with E-state index in [1.165, 1.54) is 18.2 Å². The van der Waals surface area contributed by atoms with Crippen LogP contribution in [-0.2, 0) is 19.3 Å². The number of sulfone groups is 1. The number of esters is 1. The summed E-state index contributed by atoms with van der Waals surface area (Å²) in [5, 5.41) is -0.737. The van der Waals surface area contributed by atoms with Gasteiger partial charge in [0.2, 0.25) is 0 Å². The molecule has 0 spiro atoms. The number of benzene rings is 1. The smallest absolute Gasteiger partial charge is 0.344 e. The molecule has 2 aromatic rings. The number of fused-ring (bicyclic) bond motifs is 3. The molecule has 1 unspecified atom stereocenters. The summed E-state index contributed by atoms with van der Waals surface area (Å²) in [5.74, 6) is -0.501. The molecule has 184 valence electrons. The Morgan fingerprint density at radius 3 is 2.53 bits per heavy atom. The summed E-state index contributed by atoms with van der Waals surface area (Å²) in [6, 6.07) is 4.23. The van der Waals surface area contributed by atoms with Gasteiger partial charge in [-0.3, -0.25) is 4.79 Å². The number of carbonyl (C=O) groups excluding carboxylic acids is 1. The van der Waals surface area contributed by atoms with E-state index in [2.05, 4.69) is 0 Å². The van der Waals surface area contributed by atoms with Crippen molar-refractivity contribution in [2.45, 2.75) is 62.3 Å². The normalized spacial score (nSPS) is 18.4. The quantitative estimate of drug-likeness (QED) is 0.385. The number of methoxy groups -OCH3 is 1. The molecule has 1 aliphatic carbocycles. The van der Waals surface area contributed by atoms with Crippen LogP contribution in [0.1, 0.15) is 67.2 Å². The lowest BCUT2D eigenvalue weighted by atomic mass is 9.99. The Morgan fingerprint density at radius 1 is 1.21 bits per heavy atom. The van der Waals surface area contributed by atoms with Crippen molar-refractivity contribution in [3.63, 3.8) is 0 Å². The highest BCUT2D eigenvalue weighted by atomic mass is 35.5. The van der Waals surface area contributed by atoms with Gasteiger partial charge >= 0.3 is 5.97 Å². The zero-order chi connectivity index (χ0) is 24.8. The van der Waals surface area contributed by atoms with Crippen molar-refractivity contribution < 1.29 is 27.4 Å². The molecule has 1 aromatic carbocycles. The lowest BCUT2D eigenvalue weighted by Crippen LogP contribution is -2.33. The summed E-state index contributed by atoms with van der Waals surface area (Å²) in [4.78, 5) is 26.2. The molecule has 34 heavy (non-hydrogen) atoms. The number of hydrogen-bond acceptors (Lipinski definition) is 7. The van der Waals surface area contributed by atoms with E-state index in [1.807, 2.05) is 0 Å². The Hall–Kier alpha value is -2.36. The second-order valence-electron chi connectivity index (χ2n) is 8.88. The topological polar surface area (TPSA) is 101 Å². The molecule has 8 nitrogen and oxygen atoms in total. The number of carbonyl (C=O) groups is 1. The maximum atomic E-state index is 13.5. The highest BCUT2D eigenvalue weighted by molar-refractivity contribution is 7.92. The maximum Gasteiger partial charge on any atom is 0.344 e. The summed E-state index contributed by atoms with van der Waals surface area (Å²) in [5.41, 5.74) is 0.572. The summed E-state index contributed by atoms with van der Waals surface area (Å²) in [7, 11) is -2.25. The molecule has 2 aliphatic rings. The second kappa shape index (κ2) is 9.36. The fraction of sp³-hybridized carbons (Fsp3) is 0.500. The van der Waals surface area contributed by atoms with E-state index in [0.717, 1.165) is 12.8 Å². The molecule has 1 atom stereocenters. The van der Waals surface area contributed by atoms with E-state index in [0.29, 0.717) is 36.5 Å². The van der Waals surface area contributed by atoms with Gasteiger partial charge in [-0.2, -0.15) is 0 Å². The first kappa shape index (κ1) is 24.8. The minimum Gasteiger partial charge on any atom is -0.492 e. The molecular formula is C24H28ClNO7S. The lowest BCUT2D eigenvalue weighted by molar-refractivity contribution is 0.0375. The third kappa shape index (κ3) is 4.36. The number of pyridine rings is 1. The van der Waals surface area contributed by atoms with Gasteiger partial charge in [0.1, 0.15) is 11.3 Å². The first-order chi connectivity index (χ1) is 16.1. The highest BCUT2D eigenvalue weighted by Gasteiger charge is 2.41. The number of ether oxygens (including phenoxy) is 3. The van der Waals surface area contributed by atoms with Gasteiger partial charge < -0.3 is 18.8 Å². The summed E-state index contributed by atoms with van der Waals surface area (Å²) >= 11 is 6.48. The van der Waals surface area contributed by atoms with E-state index >= 15 is 0 Å². The van der Waals surface area contributed by atoms with Gasteiger partial charge in [-0.1, -0.05) is 11.6 Å². The Bertz CT molecular complexity index is 1300. The number of halogens is 1. The van der Waals surface area contributed by atoms with Crippen LogP contribution in [0.3, 0.4) is 0 Å². The van der Waals surface area contributed by atoms with Gasteiger partial charge in [-0.25, -0.2) is 13.2 Å². The average Bonchev–Trinajstić information content (AvgIpc) is 3.60. The fourth-order valence-corrected chi connectivity index (χ4v) is 6.01. The molecule has 1 saturated carbocycles. The third-order valence-corrected chi connectivity index (χ3v) is 8.42. The first-order valence-electron chi connectivity index (χ1n) is 11.3. The van der Waals surface area contributed by atoms with E-state index in [9.17, 15) is 18.0 Å². The minimum absolute atomic E-state index is 0.0601. The molecule has 0 saturated heterocycles. The van der Waals surface area contributed by atoms with Crippen LogP contribution in [0, 0.1) is 0 Å². The van der Waals surface area contributed by atoms with Crippen molar-refractivity contribution in [3.05, 3.63) is 44.7 Å². The molecular weight excluding hydrogens is 482 g/mol. The average molecular weight is 510 g/mol. The molecule has 0 bridgehead atoms. The number of nitrogens with zero attached hydrogens (tertiary/aromatic N) is 1. The van der Waals surface area contributed by atoms with Crippen molar-refractivity contribution >= 4 is 27.4 Å². The zero-order valence-corrected chi connectivity index (χ0v) is 21.2. The van der Waals surface area contributed by atoms with Crippen molar-refractivity contribution in [2.24, 2.45) is 0 Å². The van der Waals surface area contributed by atoms with Gasteiger partial charge in [0.05, 0.1) is 33.6 Å². The molecule has 0 radical (unpaired) electrons. The van der Waals surface area contributed by atoms with Crippen LogP contribution in [0.2, 0.25) is 5.02 Å². The standard InChI is InChI=1S/C24H28ClNO7S/c1-13(2)33-24(28)18-10-16-14(3)34(29,30)21-12-20(32-9-5-8-31-4)19(25)11-17(21)22(16)26(23(18)27)15-6-7-15/h10-15H,5-9H2,1-4H3. The largest absolute Gasteiger partial charge is 0.492 e. The lowest BCUT2D eigenvalue weighted by Gasteiger charge is -2.29. The molecule has 0 amide bonds. The number of aromatic nitrogens is 1. The third-order valence-electron chi connectivity index (χ3n) is 5.99. The number of hydrogen-bond donors (Lipinski definition) is 0. The van der Waals surface area contributed by atoms with Crippen LogP contribution in [0.4, 0.5) is 0 Å². The fourth-order valence-electron chi connectivity index (χ4n) is 4.16. The van der Waals surface area contributed by atoms with Gasteiger partial charge in [-0.05, 0) is 51.3 Å². The molecule has 1 aliphatic heterocycles. The monoisotopic (exact) mass is 509 g/mol. The summed E-state index contributed by atoms with van der Waals surface area (Å²) in [6.45, 7) is 5.75. The summed E-state index contributed by atoms with van der Waals surface area (Å²) < 4.78 is 44.6. The molecule has 10 heteroatoms. The van der Waals surface area contributed by atoms with Gasteiger partial charge in [-0.15, -0.1) is 0 Å². The minimum atomic E-state index is -3.84. The van der Waals surface area contributed by atoms with Gasteiger partial charge in [0.25, 0.3) is 5.56 Å². The van der Waals surface area contributed by atoms with Crippen molar-refractivity contribution in [1.29, 1.82) is 0 Å². The van der Waals surface area contributed by atoms with Crippen LogP contribution in [0.15, 0.2) is 27.9 Å². The van der Waals surface area contributed by atoms with Crippen molar-refractivity contribution in [3.8, 4) is 17.0 Å². The molecule has 0 N–H and O–H groups in total. The van der Waals surface area contributed by atoms with Crippen molar-refractivity contribution in [2.75, 3.05) is 20.3 Å². The molecule has 1 aromatic heterocycles. The maximum absolute atomic E-state index is 13.5. The first-order valence-corrected chi connectivity index (χ1v) is 13.2. The van der Waals surface area contributed by atoms with Gasteiger partial charge in [0, 0.05) is 37.8 Å². The van der Waals surface area contributed by atoms with Crippen molar-refractivity contribution in [1.82, 2.24) is 4.57 Å². The Morgan fingerprint density at radius 2 is 1.91 bits per heavy atom. The Kier molecular flexibility index (Phi) is 6.81.